The molecule has 3 rings (SSSR count). The third kappa shape index (κ3) is 5.24. The number of nitro groups is 2. The molecule has 1 N–H and O–H groups in total. The smallest absolute Gasteiger partial charge is 0.339 e. The van der Waals surface area contributed by atoms with Gasteiger partial charge in [-0.1, -0.05) is 48.0 Å². The van der Waals surface area contributed by atoms with Crippen LogP contribution in [0.1, 0.15) is 22.0 Å². The minimum atomic E-state index is -1.43. The third-order valence-electron chi connectivity index (χ3n) is 4.27. The maximum Gasteiger partial charge on any atom is 0.339 e. The molecule has 0 aliphatic carbocycles. The molecule has 0 aliphatic heterocycles. The van der Waals surface area contributed by atoms with Crippen LogP contribution in [0, 0.1) is 20.2 Å². The minimum absolute atomic E-state index is 0.0680. The predicted molar refractivity (Wildman–Crippen MR) is 114 cm³/mol. The average molecular weight is 456 g/mol. The molecular formula is C21H14ClN3O7. The van der Waals surface area contributed by atoms with Gasteiger partial charge in [-0.25, -0.2) is 4.79 Å². The highest BCUT2D eigenvalue weighted by molar-refractivity contribution is 6.32. The Kier molecular flexibility index (Phi) is 6.76. The predicted octanol–water partition coefficient (Wildman–Crippen LogP) is 4.69. The zero-order chi connectivity index (χ0) is 23.3. The molecule has 162 valence electrons. The Morgan fingerprint density at radius 2 is 1.62 bits per heavy atom. The second-order valence-electron chi connectivity index (χ2n) is 6.42. The second-order valence-corrected chi connectivity index (χ2v) is 6.82. The molecule has 0 saturated heterocycles. The van der Waals surface area contributed by atoms with Crippen LogP contribution in [0.2, 0.25) is 5.02 Å². The van der Waals surface area contributed by atoms with Gasteiger partial charge in [0.05, 0.1) is 15.4 Å². The van der Waals surface area contributed by atoms with Crippen molar-refractivity contribution in [2.24, 2.45) is 0 Å². The number of carbonyl (C=O) groups is 2. The van der Waals surface area contributed by atoms with E-state index < -0.39 is 33.5 Å². The Morgan fingerprint density at radius 1 is 0.906 bits per heavy atom. The number of halogens is 1. The number of benzene rings is 3. The first-order chi connectivity index (χ1) is 15.3. The molecule has 0 spiro atoms. The molecular weight excluding hydrogens is 442 g/mol. The SMILES string of the molecule is O=C(OC(C(=O)Nc1ccc(Cl)c([N+](=O)[O-])c1)c1ccccc1)c1cccc([N+](=O)[O-])c1. The number of hydrogen-bond donors (Lipinski definition) is 1. The molecule has 0 aromatic heterocycles. The highest BCUT2D eigenvalue weighted by atomic mass is 35.5. The summed E-state index contributed by atoms with van der Waals surface area (Å²) in [5, 5.41) is 24.4. The lowest BCUT2D eigenvalue weighted by atomic mass is 10.1. The number of carbonyl (C=O) groups excluding carboxylic acids is 2. The zero-order valence-corrected chi connectivity index (χ0v) is 16.9. The first-order valence-electron chi connectivity index (χ1n) is 9.01. The summed E-state index contributed by atoms with van der Waals surface area (Å²) >= 11 is 5.79. The van der Waals surface area contributed by atoms with Crippen molar-refractivity contribution < 1.29 is 24.2 Å². The van der Waals surface area contributed by atoms with Crippen molar-refractivity contribution in [1.82, 2.24) is 0 Å². The molecule has 0 aliphatic rings. The molecule has 1 atom stereocenters. The van der Waals surface area contributed by atoms with Crippen molar-refractivity contribution in [3.8, 4) is 0 Å². The van der Waals surface area contributed by atoms with Crippen LogP contribution in [-0.4, -0.2) is 21.7 Å². The van der Waals surface area contributed by atoms with Gasteiger partial charge < -0.3 is 10.1 Å². The fourth-order valence-electron chi connectivity index (χ4n) is 2.76. The maximum absolute atomic E-state index is 12.9. The van der Waals surface area contributed by atoms with E-state index in [1.165, 1.54) is 30.3 Å². The highest BCUT2D eigenvalue weighted by Gasteiger charge is 2.27. The molecule has 3 aromatic rings. The molecule has 0 radical (unpaired) electrons. The summed E-state index contributed by atoms with van der Waals surface area (Å²) in [6.07, 6.45) is -1.43. The number of esters is 1. The van der Waals surface area contributed by atoms with Crippen molar-refractivity contribution in [3.05, 3.63) is 109 Å². The molecule has 10 nitrogen and oxygen atoms in total. The molecule has 1 unspecified atom stereocenters. The Bertz CT molecular complexity index is 1200. The normalized spacial score (nSPS) is 11.3. The van der Waals surface area contributed by atoms with E-state index in [0.717, 1.165) is 12.1 Å². The van der Waals surface area contributed by atoms with E-state index >= 15 is 0 Å². The zero-order valence-electron chi connectivity index (χ0n) is 16.1. The first-order valence-corrected chi connectivity index (χ1v) is 9.39. The van der Waals surface area contributed by atoms with Crippen LogP contribution in [0.4, 0.5) is 17.1 Å². The number of ether oxygens (including phenoxy) is 1. The molecule has 0 bridgehead atoms. The molecule has 1 amide bonds. The van der Waals surface area contributed by atoms with Crippen molar-refractivity contribution in [1.29, 1.82) is 0 Å². The Labute approximate surface area is 185 Å². The van der Waals surface area contributed by atoms with Crippen molar-refractivity contribution in [3.63, 3.8) is 0 Å². The van der Waals surface area contributed by atoms with Gasteiger partial charge in [0.1, 0.15) is 5.02 Å². The van der Waals surface area contributed by atoms with Crippen LogP contribution >= 0.6 is 11.6 Å². The quantitative estimate of drug-likeness (QED) is 0.309. The van der Waals surface area contributed by atoms with Crippen LogP contribution < -0.4 is 5.32 Å². The van der Waals surface area contributed by atoms with Crippen LogP contribution in [0.25, 0.3) is 0 Å². The third-order valence-corrected chi connectivity index (χ3v) is 4.59. The van der Waals surface area contributed by atoms with Crippen LogP contribution in [0.15, 0.2) is 72.8 Å². The molecule has 0 heterocycles. The summed E-state index contributed by atoms with van der Waals surface area (Å²) in [6.45, 7) is 0. The number of non-ortho nitro benzene ring substituents is 1. The van der Waals surface area contributed by atoms with E-state index in [-0.39, 0.29) is 22.0 Å². The lowest BCUT2D eigenvalue weighted by Gasteiger charge is -2.18. The summed E-state index contributed by atoms with van der Waals surface area (Å²) in [5.41, 5.74) is -0.441. The standard InChI is InChI=1S/C21H14ClN3O7/c22-17-10-9-15(12-18(17)25(30)31)23-20(26)19(13-5-2-1-3-6-13)32-21(27)14-7-4-8-16(11-14)24(28)29/h1-12,19H,(H,23,26). The molecule has 0 saturated carbocycles. The molecule has 0 fully saturated rings. The summed E-state index contributed by atoms with van der Waals surface area (Å²) in [5.74, 6) is -1.74. The maximum atomic E-state index is 12.9. The van der Waals surface area contributed by atoms with E-state index in [0.29, 0.717) is 5.56 Å². The van der Waals surface area contributed by atoms with Crippen LogP contribution in [-0.2, 0) is 9.53 Å². The molecule has 32 heavy (non-hydrogen) atoms. The van der Waals surface area contributed by atoms with E-state index in [9.17, 15) is 29.8 Å². The van der Waals surface area contributed by atoms with Gasteiger partial charge in [-0.2, -0.15) is 0 Å². The lowest BCUT2D eigenvalue weighted by molar-refractivity contribution is -0.385. The summed E-state index contributed by atoms with van der Waals surface area (Å²) < 4.78 is 5.36. The average Bonchev–Trinajstić information content (AvgIpc) is 2.79. The lowest BCUT2D eigenvalue weighted by Crippen LogP contribution is -2.26. The molecule has 3 aromatic carbocycles. The Morgan fingerprint density at radius 3 is 2.28 bits per heavy atom. The van der Waals surface area contributed by atoms with Gasteiger partial charge in [0.25, 0.3) is 17.3 Å². The fraction of sp³-hybridized carbons (Fsp3) is 0.0476. The van der Waals surface area contributed by atoms with Crippen molar-refractivity contribution in [2.45, 2.75) is 6.10 Å². The monoisotopic (exact) mass is 455 g/mol. The second kappa shape index (κ2) is 9.67. The number of nitrogens with zero attached hydrogens (tertiary/aromatic N) is 2. The summed E-state index contributed by atoms with van der Waals surface area (Å²) in [4.78, 5) is 46.2. The van der Waals surface area contributed by atoms with Gasteiger partial charge >= 0.3 is 5.97 Å². The van der Waals surface area contributed by atoms with E-state index in [1.807, 2.05) is 0 Å². The minimum Gasteiger partial charge on any atom is -0.444 e. The topological polar surface area (TPSA) is 142 Å². The number of hydrogen-bond acceptors (Lipinski definition) is 7. The fourth-order valence-corrected chi connectivity index (χ4v) is 2.95. The van der Waals surface area contributed by atoms with E-state index in [4.69, 9.17) is 16.3 Å². The van der Waals surface area contributed by atoms with Crippen molar-refractivity contribution >= 4 is 40.5 Å². The number of amides is 1. The number of anilines is 1. The van der Waals surface area contributed by atoms with Gasteiger partial charge in [-0.05, 0) is 18.2 Å². The van der Waals surface area contributed by atoms with Gasteiger partial charge in [-0.15, -0.1) is 0 Å². The van der Waals surface area contributed by atoms with E-state index in [1.54, 1.807) is 30.3 Å². The number of rotatable bonds is 7. The summed E-state index contributed by atoms with van der Waals surface area (Å²) in [6, 6.07) is 16.6. The van der Waals surface area contributed by atoms with Gasteiger partial charge in [0, 0.05) is 29.4 Å². The van der Waals surface area contributed by atoms with Crippen LogP contribution in [0.5, 0.6) is 0 Å². The Balaban J connectivity index is 1.88. The number of nitrogens with one attached hydrogen (secondary N) is 1. The number of nitro benzene ring substituents is 2. The van der Waals surface area contributed by atoms with Crippen molar-refractivity contribution in [2.75, 3.05) is 5.32 Å². The van der Waals surface area contributed by atoms with E-state index in [2.05, 4.69) is 5.32 Å². The highest BCUT2D eigenvalue weighted by Crippen LogP contribution is 2.29. The summed E-state index contributed by atoms with van der Waals surface area (Å²) in [7, 11) is 0. The van der Waals surface area contributed by atoms with Gasteiger partial charge in [-0.3, -0.25) is 25.0 Å². The van der Waals surface area contributed by atoms with Gasteiger partial charge in [0.15, 0.2) is 0 Å². The Hall–Kier alpha value is -4.31. The first kappa shape index (κ1) is 22.4. The molecule has 11 heteroatoms. The largest absolute Gasteiger partial charge is 0.444 e. The van der Waals surface area contributed by atoms with Gasteiger partial charge in [0.2, 0.25) is 6.10 Å². The van der Waals surface area contributed by atoms with Crippen LogP contribution in [0.3, 0.4) is 0 Å².